The summed E-state index contributed by atoms with van der Waals surface area (Å²) in [6.45, 7) is 4.82. The van der Waals surface area contributed by atoms with Crippen molar-refractivity contribution in [1.82, 2.24) is 10.9 Å². The predicted octanol–water partition coefficient (Wildman–Crippen LogP) is 2.47. The summed E-state index contributed by atoms with van der Waals surface area (Å²) in [7, 11) is 1.49. The van der Waals surface area contributed by atoms with Crippen LogP contribution in [0.3, 0.4) is 0 Å². The van der Waals surface area contributed by atoms with Crippen LogP contribution in [0.4, 0.5) is 0 Å². The molecule has 2 N–H and O–H groups in total. The lowest BCUT2D eigenvalue weighted by Gasteiger charge is -2.21. The molecule has 0 spiro atoms. The Morgan fingerprint density at radius 2 is 1.88 bits per heavy atom. The highest BCUT2D eigenvalue weighted by Gasteiger charge is 2.21. The molecule has 0 atom stereocenters. The second kappa shape index (κ2) is 7.65. The summed E-state index contributed by atoms with van der Waals surface area (Å²) in [5.41, 5.74) is 6.23. The van der Waals surface area contributed by atoms with Gasteiger partial charge in [-0.25, -0.2) is 0 Å². The molecule has 2 heterocycles. The van der Waals surface area contributed by atoms with Gasteiger partial charge in [-0.3, -0.25) is 20.4 Å². The Bertz CT molecular complexity index is 829. The number of hydrazine groups is 1. The van der Waals surface area contributed by atoms with E-state index in [-0.39, 0.29) is 5.91 Å². The molecule has 1 aromatic carbocycles. The van der Waals surface area contributed by atoms with Gasteiger partial charge in [0.1, 0.15) is 13.2 Å². The van der Waals surface area contributed by atoms with E-state index in [1.54, 1.807) is 12.1 Å². The van der Waals surface area contributed by atoms with Crippen LogP contribution >= 0.6 is 11.3 Å². The van der Waals surface area contributed by atoms with Gasteiger partial charge >= 0.3 is 0 Å². The van der Waals surface area contributed by atoms with Crippen molar-refractivity contribution in [2.75, 3.05) is 20.3 Å². The van der Waals surface area contributed by atoms with E-state index < -0.39 is 5.91 Å². The Morgan fingerprint density at radius 1 is 1.15 bits per heavy atom. The zero-order valence-corrected chi connectivity index (χ0v) is 15.6. The number of benzene rings is 1. The van der Waals surface area contributed by atoms with Crippen molar-refractivity contribution in [2.24, 2.45) is 0 Å². The molecule has 0 saturated heterocycles. The van der Waals surface area contributed by atoms with Crippen molar-refractivity contribution >= 4 is 23.2 Å². The fourth-order valence-electron chi connectivity index (χ4n) is 2.63. The molecular formula is C18H20N2O5S. The number of amides is 2. The van der Waals surface area contributed by atoms with Crippen LogP contribution in [0.2, 0.25) is 0 Å². The Hall–Kier alpha value is -2.74. The number of fused-ring (bicyclic) bond motifs is 1. The molecule has 138 valence electrons. The summed E-state index contributed by atoms with van der Waals surface area (Å²) in [6.07, 6.45) is 0.868. The molecule has 2 amide bonds. The van der Waals surface area contributed by atoms with Crippen LogP contribution < -0.4 is 25.1 Å². The van der Waals surface area contributed by atoms with Crippen molar-refractivity contribution < 1.29 is 23.8 Å². The number of nitrogens with one attached hydrogen (secondary N) is 2. The van der Waals surface area contributed by atoms with Crippen LogP contribution in [0.25, 0.3) is 0 Å². The topological polar surface area (TPSA) is 85.9 Å². The molecule has 3 rings (SSSR count). The predicted molar refractivity (Wildman–Crippen MR) is 97.4 cm³/mol. The highest BCUT2D eigenvalue weighted by atomic mass is 32.1. The Morgan fingerprint density at radius 3 is 2.58 bits per heavy atom. The zero-order valence-electron chi connectivity index (χ0n) is 14.8. The second-order valence-electron chi connectivity index (χ2n) is 5.68. The van der Waals surface area contributed by atoms with E-state index in [1.807, 2.05) is 19.9 Å². The van der Waals surface area contributed by atoms with Crippen molar-refractivity contribution in [3.05, 3.63) is 39.1 Å². The molecule has 1 aliphatic heterocycles. The minimum atomic E-state index is -0.474. The molecule has 0 bridgehead atoms. The number of rotatable bonds is 4. The Labute approximate surface area is 155 Å². The third kappa shape index (κ3) is 3.60. The van der Waals surface area contributed by atoms with Gasteiger partial charge in [0.05, 0.1) is 12.0 Å². The molecule has 2 aromatic rings. The van der Waals surface area contributed by atoms with Gasteiger partial charge in [-0.15, -0.1) is 11.3 Å². The number of aryl methyl sites for hydroxylation is 2. The second-order valence-corrected chi connectivity index (χ2v) is 6.82. The van der Waals surface area contributed by atoms with Crippen molar-refractivity contribution in [3.8, 4) is 17.2 Å². The van der Waals surface area contributed by atoms with Gasteiger partial charge < -0.3 is 14.2 Å². The first-order valence-corrected chi connectivity index (χ1v) is 9.02. The van der Waals surface area contributed by atoms with E-state index in [1.165, 1.54) is 18.4 Å². The van der Waals surface area contributed by atoms with Crippen molar-refractivity contribution in [1.29, 1.82) is 0 Å². The van der Waals surface area contributed by atoms with Gasteiger partial charge in [-0.2, -0.15) is 0 Å². The molecule has 0 unspecified atom stereocenters. The normalized spacial score (nSPS) is 12.4. The molecular weight excluding hydrogens is 356 g/mol. The largest absolute Gasteiger partial charge is 0.493 e. The molecule has 7 nitrogen and oxygen atoms in total. The first kappa shape index (κ1) is 18.1. The van der Waals surface area contributed by atoms with Crippen molar-refractivity contribution in [3.63, 3.8) is 0 Å². The van der Waals surface area contributed by atoms with Crippen LogP contribution in [0.15, 0.2) is 18.2 Å². The summed E-state index contributed by atoms with van der Waals surface area (Å²) < 4.78 is 16.3. The summed E-state index contributed by atoms with van der Waals surface area (Å²) in [5.74, 6) is 0.488. The van der Waals surface area contributed by atoms with Crippen LogP contribution in [0.1, 0.15) is 37.4 Å². The molecule has 0 aliphatic carbocycles. The van der Waals surface area contributed by atoms with E-state index in [2.05, 4.69) is 10.9 Å². The SMILES string of the molecule is CCc1sc(C(=O)NNC(=O)c2cc(OC)c3c(c2)OCCO3)cc1C. The molecule has 0 radical (unpaired) electrons. The van der Waals surface area contributed by atoms with E-state index in [0.29, 0.717) is 40.9 Å². The lowest BCUT2D eigenvalue weighted by molar-refractivity contribution is 0.0848. The van der Waals surface area contributed by atoms with Crippen LogP contribution in [0.5, 0.6) is 17.2 Å². The minimum absolute atomic E-state index is 0.294. The maximum absolute atomic E-state index is 12.4. The lowest BCUT2D eigenvalue weighted by Crippen LogP contribution is -2.41. The minimum Gasteiger partial charge on any atom is -0.493 e. The Kier molecular flexibility index (Phi) is 5.32. The van der Waals surface area contributed by atoms with Gasteiger partial charge in [0.2, 0.25) is 5.75 Å². The van der Waals surface area contributed by atoms with Crippen LogP contribution in [-0.4, -0.2) is 32.1 Å². The molecule has 1 aliphatic rings. The van der Waals surface area contributed by atoms with E-state index in [4.69, 9.17) is 14.2 Å². The first-order valence-electron chi connectivity index (χ1n) is 8.21. The standard InChI is InChI=1S/C18H20N2O5S/c1-4-14-10(2)7-15(26-14)18(22)20-19-17(21)11-8-12(23-3)16-13(9-11)24-5-6-25-16/h7-9H,4-6H2,1-3H3,(H,19,21)(H,20,22). The quantitative estimate of drug-likeness (QED) is 0.801. The van der Waals surface area contributed by atoms with Crippen LogP contribution in [-0.2, 0) is 6.42 Å². The first-order chi connectivity index (χ1) is 12.5. The summed E-state index contributed by atoms with van der Waals surface area (Å²) in [5, 5.41) is 0. The number of thiophene rings is 1. The van der Waals surface area contributed by atoms with Crippen molar-refractivity contribution in [2.45, 2.75) is 20.3 Å². The van der Waals surface area contributed by atoms with Crippen LogP contribution in [0, 0.1) is 6.92 Å². The van der Waals surface area contributed by atoms with Gasteiger partial charge in [-0.1, -0.05) is 6.92 Å². The van der Waals surface area contributed by atoms with Gasteiger partial charge in [-0.05, 0) is 37.1 Å². The fourth-order valence-corrected chi connectivity index (χ4v) is 3.64. The average molecular weight is 376 g/mol. The summed E-state index contributed by atoms with van der Waals surface area (Å²) >= 11 is 1.42. The highest BCUT2D eigenvalue weighted by molar-refractivity contribution is 7.14. The smallest absolute Gasteiger partial charge is 0.279 e. The zero-order chi connectivity index (χ0) is 18.7. The molecule has 1 aromatic heterocycles. The van der Waals surface area contributed by atoms with E-state index in [9.17, 15) is 9.59 Å². The van der Waals surface area contributed by atoms with Gasteiger partial charge in [0.25, 0.3) is 11.8 Å². The monoisotopic (exact) mass is 376 g/mol. The average Bonchev–Trinajstić information content (AvgIpc) is 3.05. The fraction of sp³-hybridized carbons (Fsp3) is 0.333. The Balaban J connectivity index is 1.70. The maximum Gasteiger partial charge on any atom is 0.279 e. The van der Waals surface area contributed by atoms with E-state index >= 15 is 0 Å². The number of carbonyl (C=O) groups is 2. The maximum atomic E-state index is 12.4. The summed E-state index contributed by atoms with van der Waals surface area (Å²) in [6, 6.07) is 4.92. The lowest BCUT2D eigenvalue weighted by atomic mass is 10.1. The number of methoxy groups -OCH3 is 1. The van der Waals surface area contributed by atoms with Gasteiger partial charge in [0, 0.05) is 10.4 Å². The molecule has 8 heteroatoms. The third-order valence-electron chi connectivity index (χ3n) is 3.95. The molecule has 26 heavy (non-hydrogen) atoms. The van der Waals surface area contributed by atoms with Gasteiger partial charge in [0.15, 0.2) is 11.5 Å². The number of hydrogen-bond donors (Lipinski definition) is 2. The number of carbonyl (C=O) groups excluding carboxylic acids is 2. The molecule has 0 saturated carbocycles. The highest BCUT2D eigenvalue weighted by Crippen LogP contribution is 2.40. The number of ether oxygens (including phenoxy) is 3. The molecule has 0 fully saturated rings. The van der Waals surface area contributed by atoms with E-state index in [0.717, 1.165) is 16.9 Å². The number of hydrogen-bond acceptors (Lipinski definition) is 6. The third-order valence-corrected chi connectivity index (χ3v) is 5.33. The summed E-state index contributed by atoms with van der Waals surface area (Å²) in [4.78, 5) is 26.3.